The largest absolute Gasteiger partial charge is 0.474 e. The van der Waals surface area contributed by atoms with Crippen LogP contribution in [0.3, 0.4) is 0 Å². The molecular formula is C103H128N20O4. The Kier molecular flexibility index (Phi) is 25.8. The molecule has 11 saturated heterocycles. The Bertz CT molecular complexity index is 5870. The lowest BCUT2D eigenvalue weighted by Gasteiger charge is -2.47. The van der Waals surface area contributed by atoms with E-state index in [2.05, 4.69) is 219 Å². The number of methoxy groups -OCH3 is 1. The number of ether oxygens (including phenoxy) is 4. The van der Waals surface area contributed by atoms with Gasteiger partial charge in [-0.2, -0.15) is 0 Å². The number of fused-ring (bicyclic) bond motifs is 10. The molecule has 664 valence electrons. The minimum absolute atomic E-state index is 0.00328. The third-order valence-corrected chi connectivity index (χ3v) is 30.0. The molecule has 13 aromatic heterocycles. The lowest BCUT2D eigenvalue weighted by Crippen LogP contribution is -2.55. The summed E-state index contributed by atoms with van der Waals surface area (Å²) in [6, 6.07) is 47.9. The number of hydrogen-bond donors (Lipinski definition) is 0. The third kappa shape index (κ3) is 18.2. The average molecular weight is 1710 g/mol. The Morgan fingerprint density at radius 3 is 1.15 bits per heavy atom. The Labute approximate surface area is 748 Å². The van der Waals surface area contributed by atoms with Crippen LogP contribution in [0.15, 0.2) is 195 Å². The topological polar surface area (TPSA) is 193 Å². The summed E-state index contributed by atoms with van der Waals surface area (Å²) < 4.78 is 34.2. The molecule has 24 heteroatoms. The van der Waals surface area contributed by atoms with E-state index in [4.69, 9.17) is 58.8 Å². The number of aromatic nitrogens is 13. The molecule has 0 aliphatic carbocycles. The molecular weight excluding hydrogens is 1580 g/mol. The number of aryl methyl sites for hydroxylation is 4. The fourth-order valence-electron chi connectivity index (χ4n) is 22.6. The van der Waals surface area contributed by atoms with Gasteiger partial charge in [-0.3, -0.25) is 62.6 Å². The predicted molar refractivity (Wildman–Crippen MR) is 497 cm³/mol. The quantitative estimate of drug-likeness (QED) is 0.0834. The van der Waals surface area contributed by atoms with E-state index in [-0.39, 0.29) is 17.7 Å². The van der Waals surface area contributed by atoms with Crippen LogP contribution in [0.2, 0.25) is 0 Å². The first-order valence-electron chi connectivity index (χ1n) is 47.1. The first kappa shape index (κ1) is 86.0. The Morgan fingerprint density at radius 2 is 0.740 bits per heavy atom. The number of imidazole rings is 4. The van der Waals surface area contributed by atoms with E-state index in [0.29, 0.717) is 60.2 Å². The van der Waals surface area contributed by atoms with Crippen LogP contribution < -0.4 is 14.2 Å². The molecule has 10 atom stereocenters. The standard InChI is InChI=1S/C27H37N5O.2C26H33N5O.C24H25N5O/c1-19-8-7-15-28-26(19)23-10-5-9-22(31(23)3)21-18-32-24(11-6-12-25(32)29-21)27(33-4)20-13-16-30(2)17-14-20;1-19-6-5-14-27-25(19)22-8-3-7-21(29(22)2)20-18-31-23(28-20)9-4-10-24(31)32-26-11-15-30(16-12-26)17-13-26;1-18-6-5-13-27-26(18)22-8-3-7-21(29(22)2)20-16-31-24(28-20)9-4-10-25(31)32-23-17-30-14-11-19(23)12-15-30;1-17-6-5-13-26-24(17)21-8-3-7-20(28(21)2)19-16-29-22(27-19)9-4-10-23(29)30-18-11-14-25-15-12-18/h6-8,11-12,15,18,20,22-23,27H,5,9-10,13-14,16-17H2,1-4H3;4-6,9-10,14,18,21-22H,3,7-8,11-13,15-17H2,1-2H3;4-6,9-10,13,16,19,21-23H,3,7-8,11-12,14-15,17H2,1-2H3;4-6,9-16,20-21H,3,7-8H2,1-2H3/t22-,23+,27+;21-,22+;21-,22+,23?;20-,21+/m1111/s1. The molecule has 0 spiro atoms. The number of hydrogen-bond acceptors (Lipinski definition) is 20. The van der Waals surface area contributed by atoms with Gasteiger partial charge in [-0.15, -0.1) is 0 Å². The third-order valence-electron chi connectivity index (χ3n) is 30.0. The molecule has 24 nitrogen and oxygen atoms in total. The summed E-state index contributed by atoms with van der Waals surface area (Å²) in [5, 5.41) is 0. The van der Waals surface area contributed by atoms with Crippen LogP contribution in [0.4, 0.5) is 0 Å². The Balaban J connectivity index is 0.000000110. The van der Waals surface area contributed by atoms with Crippen molar-refractivity contribution in [2.24, 2.45) is 11.8 Å². The molecule has 1 unspecified atom stereocenters. The molecule has 127 heavy (non-hydrogen) atoms. The average Bonchev–Trinajstić information content (AvgIpc) is 1.68. The molecule has 0 amide bonds. The zero-order chi connectivity index (χ0) is 86.8. The van der Waals surface area contributed by atoms with Gasteiger partial charge in [0.2, 0.25) is 5.88 Å². The van der Waals surface area contributed by atoms with E-state index >= 15 is 0 Å². The molecule has 13 aromatic rings. The smallest absolute Gasteiger partial charge is 0.205 e. The van der Waals surface area contributed by atoms with Crippen molar-refractivity contribution < 1.29 is 18.9 Å². The summed E-state index contributed by atoms with van der Waals surface area (Å²) in [7, 11) is 13.0. The molecule has 4 bridgehead atoms. The fourth-order valence-corrected chi connectivity index (χ4v) is 22.6. The van der Waals surface area contributed by atoms with Crippen LogP contribution in [0, 0.1) is 39.5 Å². The van der Waals surface area contributed by atoms with Gasteiger partial charge >= 0.3 is 0 Å². The first-order valence-corrected chi connectivity index (χ1v) is 47.1. The van der Waals surface area contributed by atoms with Crippen LogP contribution in [0.5, 0.6) is 23.4 Å². The van der Waals surface area contributed by atoms with E-state index in [9.17, 15) is 0 Å². The molecule has 24 rings (SSSR count). The molecule has 24 heterocycles. The van der Waals surface area contributed by atoms with Crippen LogP contribution in [0.25, 0.3) is 22.6 Å². The van der Waals surface area contributed by atoms with Crippen molar-refractivity contribution in [2.45, 2.75) is 216 Å². The summed E-state index contributed by atoms with van der Waals surface area (Å²) >= 11 is 0. The maximum atomic E-state index is 6.75. The van der Waals surface area contributed by atoms with Crippen molar-refractivity contribution in [3.05, 3.63) is 269 Å². The van der Waals surface area contributed by atoms with Gasteiger partial charge in [0, 0.05) is 95.3 Å². The van der Waals surface area contributed by atoms with E-state index < -0.39 is 0 Å². The van der Waals surface area contributed by atoms with Gasteiger partial charge in [-0.25, -0.2) is 19.9 Å². The van der Waals surface area contributed by atoms with Crippen molar-refractivity contribution in [3.8, 4) is 23.4 Å². The monoisotopic (exact) mass is 1710 g/mol. The molecule has 0 saturated carbocycles. The highest BCUT2D eigenvalue weighted by atomic mass is 16.5. The van der Waals surface area contributed by atoms with Gasteiger partial charge < -0.3 is 33.1 Å². The van der Waals surface area contributed by atoms with Gasteiger partial charge in [-0.05, 0) is 330 Å². The van der Waals surface area contributed by atoms with Crippen LogP contribution in [-0.4, -0.2) is 203 Å². The molecule has 0 aromatic carbocycles. The zero-order valence-electron chi connectivity index (χ0n) is 76.1. The fraction of sp³-hybridized carbons (Fsp3) is 0.485. The van der Waals surface area contributed by atoms with E-state index in [1.54, 1.807) is 12.4 Å². The van der Waals surface area contributed by atoms with Gasteiger partial charge in [0.15, 0.2) is 11.8 Å². The van der Waals surface area contributed by atoms with Crippen LogP contribution in [-0.2, 0) is 4.74 Å². The second kappa shape index (κ2) is 38.1. The Hall–Kier alpha value is -10.4. The summed E-state index contributed by atoms with van der Waals surface area (Å²) in [6.07, 6.45) is 42.3. The van der Waals surface area contributed by atoms with Gasteiger partial charge in [0.25, 0.3) is 0 Å². The second-order valence-corrected chi connectivity index (χ2v) is 37.7. The lowest BCUT2D eigenvalue weighted by atomic mass is 9.83. The van der Waals surface area contributed by atoms with Gasteiger partial charge in [0.1, 0.15) is 46.1 Å². The number of nitrogens with zero attached hydrogens (tertiary/aromatic N) is 20. The highest BCUT2D eigenvalue weighted by molar-refractivity contribution is 5.49. The van der Waals surface area contributed by atoms with E-state index in [0.717, 1.165) is 185 Å². The highest BCUT2D eigenvalue weighted by Crippen LogP contribution is 2.47. The number of piperidine rings is 11. The van der Waals surface area contributed by atoms with Crippen molar-refractivity contribution >= 4 is 22.6 Å². The van der Waals surface area contributed by atoms with Crippen molar-refractivity contribution in [2.75, 3.05) is 94.7 Å². The van der Waals surface area contributed by atoms with Crippen LogP contribution in [0.1, 0.15) is 250 Å². The number of pyridine rings is 9. The minimum atomic E-state index is -0.00328. The Morgan fingerprint density at radius 1 is 0.362 bits per heavy atom. The minimum Gasteiger partial charge on any atom is -0.474 e. The zero-order valence-corrected chi connectivity index (χ0v) is 76.1. The summed E-state index contributed by atoms with van der Waals surface area (Å²) in [6.45, 7) is 17.9. The second-order valence-electron chi connectivity index (χ2n) is 37.7. The maximum absolute atomic E-state index is 6.75. The van der Waals surface area contributed by atoms with E-state index in [1.807, 2.05) is 90.9 Å². The summed E-state index contributed by atoms with van der Waals surface area (Å²) in [5.41, 5.74) is 19.4. The van der Waals surface area contributed by atoms with Crippen LogP contribution >= 0.6 is 0 Å². The highest BCUT2D eigenvalue weighted by Gasteiger charge is 2.44. The number of rotatable bonds is 17. The molecule has 0 N–H and O–H groups in total. The normalized spacial score (nSPS) is 26.4. The molecule has 11 aliphatic heterocycles. The molecule has 11 fully saturated rings. The maximum Gasteiger partial charge on any atom is 0.205 e. The van der Waals surface area contributed by atoms with Gasteiger partial charge in [-0.1, -0.05) is 48.5 Å². The van der Waals surface area contributed by atoms with Crippen molar-refractivity contribution in [1.29, 1.82) is 0 Å². The number of likely N-dealkylation sites (tertiary alicyclic amines) is 5. The van der Waals surface area contributed by atoms with E-state index in [1.165, 1.54) is 109 Å². The predicted octanol–water partition coefficient (Wildman–Crippen LogP) is 19.0. The molecule has 11 aliphatic rings. The van der Waals surface area contributed by atoms with Crippen molar-refractivity contribution in [3.63, 3.8) is 0 Å². The SMILES string of the molecule is CO[C@H](c1cccc2nc([C@H]3CCC[C@@H](c4ncccc4C)N3C)cn12)C1CCN(C)CC1.Cc1cccnc1[C@@H]1CCC[C@H](c2cn3c(OC45CCN(CC4)CC5)cccc3n2)N1C.Cc1cccnc1[C@@H]1CCC[C@H](c2cn3c(OC4CN5CCC4CC5)cccc3n2)N1C.Cc1cccnc1[C@@H]1CCC[C@H](c2cn3c(Oc4ccncc4)cccc3n2)N1C. The van der Waals surface area contributed by atoms with Gasteiger partial charge in [0.05, 0.1) is 99.6 Å². The van der Waals surface area contributed by atoms with Crippen molar-refractivity contribution in [1.82, 2.24) is 96.8 Å². The summed E-state index contributed by atoms with van der Waals surface area (Å²) in [4.78, 5) is 60.5. The first-order chi connectivity index (χ1) is 62.1. The summed E-state index contributed by atoms with van der Waals surface area (Å²) in [5.74, 6) is 4.59. The molecule has 0 radical (unpaired) electrons. The lowest BCUT2D eigenvalue weighted by molar-refractivity contribution is -0.0543.